The van der Waals surface area contributed by atoms with Gasteiger partial charge in [0.25, 0.3) is 5.56 Å². The minimum absolute atomic E-state index is 0. The monoisotopic (exact) mass is 782 g/mol. The molecule has 7 rings (SSSR count). The molecular weight excluding hydrogens is 761 g/mol. The predicted octanol–water partition coefficient (Wildman–Crippen LogP) is 1.91. The Kier molecular flexibility index (Phi) is 10.6. The number of carbonyl (C=O) groups excluding carboxylic acids is 1. The fraction of sp³-hybridized carbons (Fsp3) is 0.0606. The topological polar surface area (TPSA) is 230 Å². The molecule has 264 valence electrons. The van der Waals surface area contributed by atoms with Crippen molar-refractivity contribution in [3.05, 3.63) is 106 Å². The van der Waals surface area contributed by atoms with Crippen LogP contribution < -0.4 is 60.0 Å². The van der Waals surface area contributed by atoms with Gasteiger partial charge in [0.05, 0.1) is 40.1 Å². The van der Waals surface area contributed by atoms with Crippen LogP contribution >= 0.6 is 11.6 Å². The van der Waals surface area contributed by atoms with Gasteiger partial charge < -0.3 is 38.5 Å². The Morgan fingerprint density at radius 2 is 1.55 bits per heavy atom. The standard InChI is InChI=1S/C33H24ClN7O9S2.Na/c1-41-24-10-9-21(29-28(24)20(15-27(41)42)18-5-3-4-6-19(18)30(29)43)36-23-13-16(7-12-26(23)52(46,47)48)35-32-38-31(34)39-33(40-32)37-22-14-17(49-2)8-11-25(22)50-51(44)45;/h3-15,36H,1-2H3,(H,44,45)(H,46,47,48)(H2,35,37,38,39,40);/q;+1/p-2. The van der Waals surface area contributed by atoms with Crippen molar-refractivity contribution in [2.75, 3.05) is 23.1 Å². The molecule has 20 heteroatoms. The van der Waals surface area contributed by atoms with E-state index < -0.39 is 26.4 Å². The second-order valence-electron chi connectivity index (χ2n) is 11.2. The van der Waals surface area contributed by atoms with Gasteiger partial charge in [-0.05, 0) is 65.2 Å². The summed E-state index contributed by atoms with van der Waals surface area (Å²) in [6.45, 7) is 0. The Balaban J connectivity index is 0.00000481. The number of nitrogens with one attached hydrogen (secondary N) is 3. The van der Waals surface area contributed by atoms with Gasteiger partial charge in [0.2, 0.25) is 17.2 Å². The van der Waals surface area contributed by atoms with Crippen molar-refractivity contribution in [1.29, 1.82) is 0 Å². The van der Waals surface area contributed by atoms with Crippen molar-refractivity contribution < 1.29 is 65.0 Å². The molecule has 1 aliphatic carbocycles. The molecule has 0 amide bonds. The maximum atomic E-state index is 14.0. The van der Waals surface area contributed by atoms with E-state index in [1.807, 2.05) is 0 Å². The van der Waals surface area contributed by atoms with Gasteiger partial charge in [0, 0.05) is 35.8 Å². The van der Waals surface area contributed by atoms with Crippen molar-refractivity contribution in [2.45, 2.75) is 4.90 Å². The van der Waals surface area contributed by atoms with E-state index in [2.05, 4.69) is 30.9 Å². The van der Waals surface area contributed by atoms with Gasteiger partial charge in [-0.1, -0.05) is 24.3 Å². The molecule has 1 atom stereocenters. The first-order valence-corrected chi connectivity index (χ1v) is 17.7. The van der Waals surface area contributed by atoms with Crippen LogP contribution in [0.4, 0.5) is 34.6 Å². The molecule has 0 spiro atoms. The van der Waals surface area contributed by atoms with E-state index in [1.165, 1.54) is 54.1 Å². The molecule has 1 unspecified atom stereocenters. The van der Waals surface area contributed by atoms with Crippen LogP contribution in [0.3, 0.4) is 0 Å². The summed E-state index contributed by atoms with van der Waals surface area (Å²) in [6.07, 6.45) is 0. The molecule has 3 N–H and O–H groups in total. The number of rotatable bonds is 10. The van der Waals surface area contributed by atoms with Crippen LogP contribution in [0, 0.1) is 0 Å². The van der Waals surface area contributed by atoms with Crippen LogP contribution in [0.25, 0.3) is 22.0 Å². The average Bonchev–Trinajstić information content (AvgIpc) is 3.09. The number of halogens is 1. The molecule has 1 aliphatic rings. The summed E-state index contributed by atoms with van der Waals surface area (Å²) in [5, 5.41) is 8.83. The SMILES string of the molecule is COc1ccc(OS(=O)[O-])c(Nc2nc(Cl)nc(Nc3ccc(S(=O)(=O)[O-])c(Nc4ccc5c6c(cc(=O)n5C)-c5ccccc5C(=O)c46)c3)n2)c1.[Na+]. The summed E-state index contributed by atoms with van der Waals surface area (Å²) in [4.78, 5) is 38.6. The van der Waals surface area contributed by atoms with Gasteiger partial charge in [0.1, 0.15) is 27.2 Å². The largest absolute Gasteiger partial charge is 1.00 e. The normalized spacial score (nSPS) is 12.4. The number of hydrogen-bond donors (Lipinski definition) is 3. The first kappa shape index (κ1) is 37.8. The van der Waals surface area contributed by atoms with E-state index in [4.69, 9.17) is 20.5 Å². The van der Waals surface area contributed by atoms with E-state index in [-0.39, 0.29) is 92.1 Å². The fourth-order valence-electron chi connectivity index (χ4n) is 5.82. The van der Waals surface area contributed by atoms with E-state index >= 15 is 0 Å². The Morgan fingerprint density at radius 3 is 2.25 bits per heavy atom. The van der Waals surface area contributed by atoms with Crippen LogP contribution in [0.15, 0.2) is 88.6 Å². The van der Waals surface area contributed by atoms with Gasteiger partial charge in [-0.15, -0.1) is 0 Å². The van der Waals surface area contributed by atoms with Crippen molar-refractivity contribution in [3.8, 4) is 22.6 Å². The molecule has 0 aliphatic heterocycles. The minimum Gasteiger partial charge on any atom is -0.744 e. The number of hydrogen-bond acceptors (Lipinski definition) is 15. The molecule has 2 heterocycles. The number of aryl methyl sites for hydroxylation is 1. The maximum Gasteiger partial charge on any atom is 1.00 e. The van der Waals surface area contributed by atoms with Crippen LogP contribution in [0.2, 0.25) is 5.28 Å². The number of aromatic nitrogens is 4. The van der Waals surface area contributed by atoms with Gasteiger partial charge in [-0.25, -0.2) is 12.6 Å². The molecule has 0 radical (unpaired) electrons. The minimum atomic E-state index is -5.05. The van der Waals surface area contributed by atoms with E-state index in [1.54, 1.807) is 37.4 Å². The molecule has 0 saturated heterocycles. The van der Waals surface area contributed by atoms with Gasteiger partial charge in [0.15, 0.2) is 11.5 Å². The van der Waals surface area contributed by atoms with Crippen molar-refractivity contribution in [2.24, 2.45) is 7.05 Å². The van der Waals surface area contributed by atoms with Crippen molar-refractivity contribution in [1.82, 2.24) is 19.5 Å². The maximum absolute atomic E-state index is 14.0. The molecule has 6 aromatic rings. The Labute approximate surface area is 330 Å². The second-order valence-corrected chi connectivity index (χ2v) is 13.4. The van der Waals surface area contributed by atoms with E-state index in [9.17, 15) is 31.3 Å². The van der Waals surface area contributed by atoms with Crippen LogP contribution in [0.5, 0.6) is 11.5 Å². The number of methoxy groups -OCH3 is 1. The number of nitrogens with zero attached hydrogens (tertiary/aromatic N) is 4. The zero-order valence-corrected chi connectivity index (χ0v) is 32.1. The molecule has 0 bridgehead atoms. The Hall–Kier alpha value is -4.92. The zero-order chi connectivity index (χ0) is 36.9. The number of anilines is 6. The summed E-state index contributed by atoms with van der Waals surface area (Å²) in [5.74, 6) is -0.406. The first-order chi connectivity index (χ1) is 24.8. The molecular formula is C33H22ClN7NaO9S2-. The van der Waals surface area contributed by atoms with Gasteiger partial charge in [-0.2, -0.15) is 15.0 Å². The number of pyridine rings is 1. The zero-order valence-electron chi connectivity index (χ0n) is 27.7. The summed E-state index contributed by atoms with van der Waals surface area (Å²) in [5.41, 5.74) is 2.10. The number of carbonyl (C=O) groups is 1. The number of benzene rings is 4. The molecule has 53 heavy (non-hydrogen) atoms. The van der Waals surface area contributed by atoms with Crippen LogP contribution in [0.1, 0.15) is 15.9 Å². The fourth-order valence-corrected chi connectivity index (χ4v) is 6.88. The second kappa shape index (κ2) is 14.8. The van der Waals surface area contributed by atoms with Crippen LogP contribution in [-0.2, 0) is 28.5 Å². The van der Waals surface area contributed by atoms with E-state index in [0.29, 0.717) is 33.3 Å². The number of ketones is 1. The first-order valence-electron chi connectivity index (χ1n) is 14.9. The smallest absolute Gasteiger partial charge is 0.744 e. The van der Waals surface area contributed by atoms with Gasteiger partial charge in [-0.3, -0.25) is 9.59 Å². The number of ether oxygens (including phenoxy) is 1. The third-order valence-corrected chi connectivity index (χ3v) is 9.45. The summed E-state index contributed by atoms with van der Waals surface area (Å²) >= 11 is 3.27. The average molecular weight is 783 g/mol. The van der Waals surface area contributed by atoms with E-state index in [0.717, 1.165) is 6.07 Å². The molecule has 0 fully saturated rings. The van der Waals surface area contributed by atoms with Gasteiger partial charge >= 0.3 is 29.6 Å². The summed E-state index contributed by atoms with van der Waals surface area (Å²) < 4.78 is 71.1. The molecule has 4 aromatic carbocycles. The molecule has 0 saturated carbocycles. The van der Waals surface area contributed by atoms with Crippen LogP contribution in [-0.4, -0.2) is 54.1 Å². The van der Waals surface area contributed by atoms with Crippen molar-refractivity contribution >= 4 is 84.4 Å². The quantitative estimate of drug-likeness (QED) is 0.102. The Morgan fingerprint density at radius 1 is 0.830 bits per heavy atom. The van der Waals surface area contributed by atoms with Crippen molar-refractivity contribution in [3.63, 3.8) is 0 Å². The Bertz CT molecular complexity index is 2680. The summed E-state index contributed by atoms with van der Waals surface area (Å²) in [6, 6.07) is 19.3. The molecule has 16 nitrogen and oxygen atoms in total. The summed E-state index contributed by atoms with van der Waals surface area (Å²) in [7, 11) is -2.06. The third-order valence-electron chi connectivity index (χ3n) is 8.07. The molecule has 2 aromatic heterocycles. The third kappa shape index (κ3) is 7.48. The number of fused-ring (bicyclic) bond motifs is 2. The predicted molar refractivity (Wildman–Crippen MR) is 190 cm³/mol.